The second kappa shape index (κ2) is 5.06. The van der Waals surface area contributed by atoms with Crippen molar-refractivity contribution >= 4 is 0 Å². The predicted molar refractivity (Wildman–Crippen MR) is 32.4 cm³/mol. The molecule has 0 saturated carbocycles. The summed E-state index contributed by atoms with van der Waals surface area (Å²) in [4.78, 5) is 0. The van der Waals surface area contributed by atoms with E-state index in [1.165, 1.54) is 0 Å². The summed E-state index contributed by atoms with van der Waals surface area (Å²) in [5, 5.41) is 0. The highest BCUT2D eigenvalue weighted by molar-refractivity contribution is 4.59. The number of hydrogen-bond donors (Lipinski definition) is 0. The summed E-state index contributed by atoms with van der Waals surface area (Å²) in [5.41, 5.74) is 0. The Balaban J connectivity index is 2.72. The Kier molecular flexibility index (Phi) is 5.01. The van der Waals surface area contributed by atoms with Crippen molar-refractivity contribution in [2.75, 3.05) is 20.3 Å². The fourth-order valence-corrected chi connectivity index (χ4v) is 0.329. The number of ether oxygens (including phenoxy) is 2. The molecule has 0 bridgehead atoms. The number of methoxy groups -OCH3 is 1. The van der Waals surface area contributed by atoms with Crippen LogP contribution in [0.15, 0.2) is 0 Å². The van der Waals surface area contributed by atoms with Gasteiger partial charge < -0.3 is 9.47 Å². The largest absolute Gasteiger partial charge is 0.382 e. The van der Waals surface area contributed by atoms with Crippen molar-refractivity contribution in [2.24, 2.45) is 0 Å². The van der Waals surface area contributed by atoms with Crippen LogP contribution in [0.5, 0.6) is 0 Å². The van der Waals surface area contributed by atoms with E-state index in [0.29, 0.717) is 13.2 Å². The summed E-state index contributed by atoms with van der Waals surface area (Å²) in [6.45, 7) is 5.19. The minimum Gasteiger partial charge on any atom is -0.382 e. The van der Waals surface area contributed by atoms with Crippen LogP contribution < -0.4 is 0 Å². The van der Waals surface area contributed by atoms with Gasteiger partial charge in [-0.2, -0.15) is 0 Å². The maximum Gasteiger partial charge on any atom is 0.0910 e. The molecule has 0 aliphatic carbocycles. The molecule has 8 heavy (non-hydrogen) atoms. The van der Waals surface area contributed by atoms with Gasteiger partial charge in [-0.15, -0.1) is 0 Å². The van der Waals surface area contributed by atoms with E-state index in [9.17, 15) is 0 Å². The fourth-order valence-electron chi connectivity index (χ4n) is 0.329. The quantitative estimate of drug-likeness (QED) is 0.515. The minimum absolute atomic E-state index is 0.666. The van der Waals surface area contributed by atoms with Crippen LogP contribution in [-0.2, 0) is 9.47 Å². The second-order valence-electron chi connectivity index (χ2n) is 1.75. The molecule has 0 atom stereocenters. The fraction of sp³-hybridized carbons (Fsp3) is 0.833. The molecule has 49 valence electrons. The molecule has 0 rings (SSSR count). The molecule has 1 radical (unpaired) electrons. The third kappa shape index (κ3) is 5.92. The highest BCUT2D eigenvalue weighted by Gasteiger charge is 1.90. The van der Waals surface area contributed by atoms with Gasteiger partial charge in [0.05, 0.1) is 19.3 Å². The van der Waals surface area contributed by atoms with Crippen LogP contribution in [0.2, 0.25) is 0 Å². The Hall–Kier alpha value is -0.0800. The molecule has 2 nitrogen and oxygen atoms in total. The van der Waals surface area contributed by atoms with Crippen molar-refractivity contribution in [3.8, 4) is 0 Å². The lowest BCUT2D eigenvalue weighted by Crippen LogP contribution is -2.02. The van der Waals surface area contributed by atoms with Crippen LogP contribution >= 0.6 is 0 Å². The molecular weight excluding hydrogens is 104 g/mol. The standard InChI is InChI=1S/C6H13O2/c1-6(2)8-5-4-7-3/h4-5H2,1-3H3. The molecule has 0 aromatic rings. The zero-order valence-electron chi connectivity index (χ0n) is 5.73. The summed E-state index contributed by atoms with van der Waals surface area (Å²) in [7, 11) is 1.66. The molecule has 0 N–H and O–H groups in total. The Bertz CT molecular complexity index is 43.8. The molecule has 2 heteroatoms. The smallest absolute Gasteiger partial charge is 0.0910 e. The maximum absolute atomic E-state index is 5.07. The van der Waals surface area contributed by atoms with Crippen LogP contribution in [0.4, 0.5) is 0 Å². The second-order valence-corrected chi connectivity index (χ2v) is 1.75. The molecule has 0 aromatic heterocycles. The van der Waals surface area contributed by atoms with Gasteiger partial charge in [-0.1, -0.05) is 0 Å². The zero-order valence-corrected chi connectivity index (χ0v) is 5.73. The van der Waals surface area contributed by atoms with Crippen molar-refractivity contribution in [3.05, 3.63) is 6.10 Å². The molecular formula is C6H13O2. The normalized spacial score (nSPS) is 10.5. The topological polar surface area (TPSA) is 18.5 Å². The highest BCUT2D eigenvalue weighted by atomic mass is 16.5. The van der Waals surface area contributed by atoms with Gasteiger partial charge in [0.15, 0.2) is 0 Å². The lowest BCUT2D eigenvalue weighted by molar-refractivity contribution is 0.0833. The van der Waals surface area contributed by atoms with Crippen molar-refractivity contribution in [1.82, 2.24) is 0 Å². The van der Waals surface area contributed by atoms with E-state index in [0.717, 1.165) is 6.10 Å². The Morgan fingerprint density at radius 3 is 2.25 bits per heavy atom. The molecule has 0 unspecified atom stereocenters. The first-order valence-electron chi connectivity index (χ1n) is 2.69. The molecule has 0 aliphatic rings. The summed E-state index contributed by atoms with van der Waals surface area (Å²) in [5.74, 6) is 0. The van der Waals surface area contributed by atoms with Crippen LogP contribution in [-0.4, -0.2) is 20.3 Å². The van der Waals surface area contributed by atoms with E-state index in [2.05, 4.69) is 0 Å². The zero-order chi connectivity index (χ0) is 6.41. The Morgan fingerprint density at radius 1 is 1.25 bits per heavy atom. The van der Waals surface area contributed by atoms with Gasteiger partial charge in [-0.05, 0) is 13.8 Å². The summed E-state index contributed by atoms with van der Waals surface area (Å²) in [6.07, 6.45) is 0.988. The van der Waals surface area contributed by atoms with E-state index < -0.39 is 0 Å². The van der Waals surface area contributed by atoms with Crippen LogP contribution in [0.3, 0.4) is 0 Å². The molecule has 0 heterocycles. The van der Waals surface area contributed by atoms with Crippen LogP contribution in [0, 0.1) is 6.10 Å². The maximum atomic E-state index is 5.07. The number of rotatable bonds is 4. The predicted octanol–water partition coefficient (Wildman–Crippen LogP) is 1.22. The van der Waals surface area contributed by atoms with Crippen LogP contribution in [0.1, 0.15) is 13.8 Å². The van der Waals surface area contributed by atoms with Gasteiger partial charge in [0.1, 0.15) is 0 Å². The molecule has 0 fully saturated rings. The lowest BCUT2D eigenvalue weighted by Gasteiger charge is -2.03. The summed E-state index contributed by atoms with van der Waals surface area (Å²) in [6, 6.07) is 0. The van der Waals surface area contributed by atoms with Gasteiger partial charge in [0.25, 0.3) is 0 Å². The van der Waals surface area contributed by atoms with E-state index in [1.807, 2.05) is 13.8 Å². The van der Waals surface area contributed by atoms with E-state index >= 15 is 0 Å². The lowest BCUT2D eigenvalue weighted by atomic mass is 10.5. The first-order chi connectivity index (χ1) is 3.77. The van der Waals surface area contributed by atoms with Gasteiger partial charge in [-0.3, -0.25) is 0 Å². The average Bonchev–Trinajstić information content (AvgIpc) is 1.66. The number of hydrogen-bond acceptors (Lipinski definition) is 2. The Labute approximate surface area is 50.8 Å². The third-order valence-corrected chi connectivity index (χ3v) is 0.678. The molecule has 0 spiro atoms. The van der Waals surface area contributed by atoms with Crippen molar-refractivity contribution in [2.45, 2.75) is 13.8 Å². The molecule has 0 aliphatic heterocycles. The van der Waals surface area contributed by atoms with Crippen LogP contribution in [0.25, 0.3) is 0 Å². The third-order valence-electron chi connectivity index (χ3n) is 0.678. The van der Waals surface area contributed by atoms with Crippen molar-refractivity contribution < 1.29 is 9.47 Å². The Morgan fingerprint density at radius 2 is 1.88 bits per heavy atom. The van der Waals surface area contributed by atoms with Gasteiger partial charge in [0, 0.05) is 7.11 Å². The summed E-state index contributed by atoms with van der Waals surface area (Å²) >= 11 is 0. The van der Waals surface area contributed by atoms with Crippen molar-refractivity contribution in [1.29, 1.82) is 0 Å². The van der Waals surface area contributed by atoms with Gasteiger partial charge >= 0.3 is 0 Å². The molecule has 0 aromatic carbocycles. The van der Waals surface area contributed by atoms with Gasteiger partial charge in [-0.25, -0.2) is 0 Å². The first-order valence-corrected chi connectivity index (χ1v) is 2.69. The summed E-state index contributed by atoms with van der Waals surface area (Å²) < 4.78 is 9.83. The van der Waals surface area contributed by atoms with E-state index in [-0.39, 0.29) is 0 Å². The SMILES string of the molecule is COCCO[C](C)C. The average molecular weight is 117 g/mol. The van der Waals surface area contributed by atoms with Crippen molar-refractivity contribution in [3.63, 3.8) is 0 Å². The van der Waals surface area contributed by atoms with Gasteiger partial charge in [0.2, 0.25) is 0 Å². The van der Waals surface area contributed by atoms with E-state index in [4.69, 9.17) is 9.47 Å². The minimum atomic E-state index is 0.666. The first kappa shape index (κ1) is 7.92. The molecule has 0 amide bonds. The molecule has 0 saturated heterocycles. The highest BCUT2D eigenvalue weighted by Crippen LogP contribution is 1.95. The van der Waals surface area contributed by atoms with E-state index in [1.54, 1.807) is 7.11 Å². The monoisotopic (exact) mass is 117 g/mol.